The van der Waals surface area contributed by atoms with Crippen molar-refractivity contribution < 1.29 is 24.9 Å². The van der Waals surface area contributed by atoms with Crippen molar-refractivity contribution >= 4 is 5.97 Å². The van der Waals surface area contributed by atoms with Gasteiger partial charge >= 0.3 is 5.97 Å². The van der Waals surface area contributed by atoms with Gasteiger partial charge in [0.05, 0.1) is 18.3 Å². The Morgan fingerprint density at radius 3 is 2.61 bits per heavy atom. The zero-order valence-corrected chi connectivity index (χ0v) is 17.5. The molecular formula is C23H40O5. The first kappa shape index (κ1) is 22.0. The second-order valence-electron chi connectivity index (χ2n) is 9.69. The summed E-state index contributed by atoms with van der Waals surface area (Å²) in [5, 5.41) is 30.0. The van der Waals surface area contributed by atoms with Crippen LogP contribution in [-0.2, 0) is 9.53 Å². The lowest BCUT2D eigenvalue weighted by Gasteiger charge is -2.46. The van der Waals surface area contributed by atoms with Crippen molar-refractivity contribution in [1.29, 1.82) is 0 Å². The number of hydrogen-bond donors (Lipinski definition) is 3. The molecule has 3 unspecified atom stereocenters. The maximum absolute atomic E-state index is 10.9. The molecule has 0 amide bonds. The average Bonchev–Trinajstić information content (AvgIpc) is 2.97. The number of rotatable bonds is 10. The van der Waals surface area contributed by atoms with Crippen LogP contribution < -0.4 is 0 Å². The molecule has 0 aromatic carbocycles. The first-order valence-electron chi connectivity index (χ1n) is 11.7. The fourth-order valence-corrected chi connectivity index (χ4v) is 6.53. The van der Waals surface area contributed by atoms with E-state index in [1.807, 2.05) is 0 Å². The molecule has 0 bridgehead atoms. The van der Waals surface area contributed by atoms with Gasteiger partial charge < -0.3 is 20.1 Å². The van der Waals surface area contributed by atoms with Gasteiger partial charge in [0.25, 0.3) is 0 Å². The summed E-state index contributed by atoms with van der Waals surface area (Å²) >= 11 is 0. The molecule has 0 saturated heterocycles. The Hall–Kier alpha value is -0.650. The second-order valence-corrected chi connectivity index (χ2v) is 9.69. The lowest BCUT2D eigenvalue weighted by molar-refractivity contribution is -0.149. The van der Waals surface area contributed by atoms with Gasteiger partial charge in [-0.25, -0.2) is 4.79 Å². The van der Waals surface area contributed by atoms with E-state index < -0.39 is 5.97 Å². The molecule has 28 heavy (non-hydrogen) atoms. The highest BCUT2D eigenvalue weighted by Crippen LogP contribution is 2.54. The van der Waals surface area contributed by atoms with Crippen LogP contribution in [0.5, 0.6) is 0 Å². The van der Waals surface area contributed by atoms with Crippen molar-refractivity contribution in [2.75, 3.05) is 6.61 Å². The first-order chi connectivity index (χ1) is 13.5. The maximum atomic E-state index is 10.9. The molecule has 3 aliphatic carbocycles. The van der Waals surface area contributed by atoms with Crippen LogP contribution in [0, 0.1) is 29.6 Å². The molecule has 3 rings (SSSR count). The maximum Gasteiger partial charge on any atom is 0.329 e. The van der Waals surface area contributed by atoms with E-state index in [0.717, 1.165) is 57.8 Å². The zero-order valence-electron chi connectivity index (χ0n) is 17.5. The number of carboxylic acid groups (broad SMARTS) is 1. The summed E-state index contributed by atoms with van der Waals surface area (Å²) in [5.74, 6) is 1.61. The molecule has 5 nitrogen and oxygen atoms in total. The Bertz CT molecular complexity index is 495. The van der Waals surface area contributed by atoms with Gasteiger partial charge in [0.2, 0.25) is 0 Å². The molecule has 162 valence electrons. The molecule has 3 saturated carbocycles. The van der Waals surface area contributed by atoms with Crippen molar-refractivity contribution in [1.82, 2.24) is 0 Å². The van der Waals surface area contributed by atoms with Crippen LogP contribution in [0.2, 0.25) is 0 Å². The molecule has 0 aliphatic heterocycles. The molecule has 0 aromatic heterocycles. The Morgan fingerprint density at radius 2 is 1.86 bits per heavy atom. The number of hydrogen-bond acceptors (Lipinski definition) is 4. The summed E-state index contributed by atoms with van der Waals surface area (Å²) in [4.78, 5) is 10.9. The van der Waals surface area contributed by atoms with E-state index in [1.54, 1.807) is 0 Å². The van der Waals surface area contributed by atoms with E-state index in [2.05, 4.69) is 6.92 Å². The van der Waals surface area contributed by atoms with E-state index in [9.17, 15) is 15.0 Å². The minimum absolute atomic E-state index is 0.0763. The van der Waals surface area contributed by atoms with Crippen LogP contribution in [0.25, 0.3) is 0 Å². The molecule has 3 N–H and O–H groups in total. The summed E-state index contributed by atoms with van der Waals surface area (Å²) in [6.07, 6.45) is 12.1. The standard InChI is InChI=1S/C23H40O5/c1-2-3-4-7-17(24)9-10-18-19-11-15-6-5-8-22(28-14-23(26)27)20(15)12-16(19)13-21(18)25/h15-22,24-25H,2-14H2,1H3,(H,26,27)/t15?,16-,17-,18+,19-,20?,21+,22?/m0/s1. The molecule has 5 heteroatoms. The number of aliphatic hydroxyl groups excluding tert-OH is 2. The van der Waals surface area contributed by atoms with E-state index in [0.29, 0.717) is 29.6 Å². The third-order valence-electron chi connectivity index (χ3n) is 7.89. The summed E-state index contributed by atoms with van der Waals surface area (Å²) in [6, 6.07) is 0. The van der Waals surface area contributed by atoms with Gasteiger partial charge in [-0.15, -0.1) is 0 Å². The summed E-state index contributed by atoms with van der Waals surface area (Å²) in [6.45, 7) is 1.99. The number of carbonyl (C=O) groups is 1. The van der Waals surface area contributed by atoms with Gasteiger partial charge in [0.15, 0.2) is 0 Å². The van der Waals surface area contributed by atoms with Gasteiger partial charge in [-0.1, -0.05) is 32.6 Å². The van der Waals surface area contributed by atoms with Gasteiger partial charge in [-0.2, -0.15) is 0 Å². The normalized spacial score (nSPS) is 38.6. The summed E-state index contributed by atoms with van der Waals surface area (Å²) in [7, 11) is 0. The van der Waals surface area contributed by atoms with Gasteiger partial charge in [-0.3, -0.25) is 0 Å². The van der Waals surface area contributed by atoms with Crippen molar-refractivity contribution in [3.05, 3.63) is 0 Å². The Balaban J connectivity index is 1.53. The van der Waals surface area contributed by atoms with Crippen LogP contribution in [0.15, 0.2) is 0 Å². The smallest absolute Gasteiger partial charge is 0.329 e. The number of unbranched alkanes of at least 4 members (excludes halogenated alkanes) is 2. The minimum atomic E-state index is -0.885. The summed E-state index contributed by atoms with van der Waals surface area (Å²) in [5.41, 5.74) is 0. The molecule has 0 radical (unpaired) electrons. The predicted octanol–water partition coefficient (Wildman–Crippen LogP) is 4.00. The molecule has 0 heterocycles. The lowest BCUT2D eigenvalue weighted by atomic mass is 9.61. The van der Waals surface area contributed by atoms with Crippen molar-refractivity contribution in [3.63, 3.8) is 0 Å². The molecule has 0 aromatic rings. The first-order valence-corrected chi connectivity index (χ1v) is 11.7. The van der Waals surface area contributed by atoms with Crippen LogP contribution in [0.3, 0.4) is 0 Å². The Morgan fingerprint density at radius 1 is 1.07 bits per heavy atom. The van der Waals surface area contributed by atoms with Crippen molar-refractivity contribution in [2.24, 2.45) is 29.6 Å². The molecule has 8 atom stereocenters. The quantitative estimate of drug-likeness (QED) is 0.486. The molecule has 3 aliphatic rings. The Kier molecular flexibility index (Phi) is 8.19. The summed E-state index contributed by atoms with van der Waals surface area (Å²) < 4.78 is 5.75. The fourth-order valence-electron chi connectivity index (χ4n) is 6.53. The fraction of sp³-hybridized carbons (Fsp3) is 0.957. The van der Waals surface area contributed by atoms with Gasteiger partial charge in [-0.05, 0) is 81.0 Å². The van der Waals surface area contributed by atoms with E-state index in [1.165, 1.54) is 19.3 Å². The SMILES string of the molecule is CCCCC[C@H](O)CC[C@@H]1[C@H]2CC3CCCC(OCC(=O)O)C3C[C@H]2C[C@H]1O. The third-order valence-corrected chi connectivity index (χ3v) is 7.89. The largest absolute Gasteiger partial charge is 0.480 e. The van der Waals surface area contributed by atoms with Crippen molar-refractivity contribution in [2.45, 2.75) is 102 Å². The molecular weight excluding hydrogens is 356 g/mol. The number of carboxylic acids is 1. The monoisotopic (exact) mass is 396 g/mol. The van der Waals surface area contributed by atoms with Crippen molar-refractivity contribution in [3.8, 4) is 0 Å². The highest BCUT2D eigenvalue weighted by molar-refractivity contribution is 5.68. The lowest BCUT2D eigenvalue weighted by Crippen LogP contribution is -2.42. The third kappa shape index (κ3) is 5.48. The van der Waals surface area contributed by atoms with E-state index >= 15 is 0 Å². The van der Waals surface area contributed by atoms with Crippen LogP contribution in [-0.4, -0.2) is 46.2 Å². The minimum Gasteiger partial charge on any atom is -0.480 e. The van der Waals surface area contributed by atoms with Gasteiger partial charge in [0, 0.05) is 0 Å². The average molecular weight is 397 g/mol. The van der Waals surface area contributed by atoms with Crippen LogP contribution >= 0.6 is 0 Å². The van der Waals surface area contributed by atoms with Crippen LogP contribution in [0.1, 0.15) is 84.0 Å². The number of fused-ring (bicyclic) bond motifs is 2. The number of aliphatic carboxylic acids is 1. The Labute approximate surface area is 169 Å². The second kappa shape index (κ2) is 10.4. The highest BCUT2D eigenvalue weighted by atomic mass is 16.5. The van der Waals surface area contributed by atoms with E-state index in [4.69, 9.17) is 9.84 Å². The van der Waals surface area contributed by atoms with Gasteiger partial charge in [0.1, 0.15) is 6.61 Å². The highest BCUT2D eigenvalue weighted by Gasteiger charge is 2.50. The topological polar surface area (TPSA) is 87.0 Å². The number of aliphatic hydroxyl groups is 2. The predicted molar refractivity (Wildman–Crippen MR) is 108 cm³/mol. The zero-order chi connectivity index (χ0) is 20.1. The molecule has 0 spiro atoms. The van der Waals surface area contributed by atoms with E-state index in [-0.39, 0.29) is 24.9 Å². The molecule has 3 fully saturated rings. The van der Waals surface area contributed by atoms with Crippen LogP contribution in [0.4, 0.5) is 0 Å². The number of ether oxygens (including phenoxy) is 1.